The predicted octanol–water partition coefficient (Wildman–Crippen LogP) is 3.22. The molecule has 1 aromatic rings. The maximum absolute atomic E-state index is 13.6. The monoisotopic (exact) mass is 487 g/mol. The molecular formula is C28H49N5O2. The fraction of sp³-hybridized carbons (Fsp3) is 0.714. The first-order valence-corrected chi connectivity index (χ1v) is 13.1. The van der Waals surface area contributed by atoms with Crippen LogP contribution in [0.5, 0.6) is 0 Å². The van der Waals surface area contributed by atoms with Gasteiger partial charge in [0.15, 0.2) is 0 Å². The number of likely N-dealkylation sites (tertiary alicyclic amines) is 1. The largest absolute Gasteiger partial charge is 0.350 e. The van der Waals surface area contributed by atoms with E-state index < -0.39 is 0 Å². The van der Waals surface area contributed by atoms with E-state index >= 15 is 0 Å². The van der Waals surface area contributed by atoms with Crippen molar-refractivity contribution in [2.45, 2.75) is 104 Å². The average Bonchev–Trinajstić information content (AvgIpc) is 3.16. The highest BCUT2D eigenvalue weighted by Crippen LogP contribution is 2.27. The van der Waals surface area contributed by atoms with Gasteiger partial charge in [0.25, 0.3) is 0 Å². The molecule has 0 bridgehead atoms. The van der Waals surface area contributed by atoms with Crippen LogP contribution in [-0.2, 0) is 9.59 Å². The van der Waals surface area contributed by atoms with Gasteiger partial charge in [-0.25, -0.2) is 0 Å². The number of nitrogens with zero attached hydrogens (tertiary/aromatic N) is 1. The highest BCUT2D eigenvalue weighted by molar-refractivity contribution is 5.83. The smallest absolute Gasteiger partial charge is 0.237 e. The summed E-state index contributed by atoms with van der Waals surface area (Å²) in [6.07, 6.45) is 1.57. The van der Waals surface area contributed by atoms with Gasteiger partial charge in [-0.2, -0.15) is 0 Å². The number of hydrogen-bond donors (Lipinski definition) is 4. The highest BCUT2D eigenvalue weighted by atomic mass is 16.2. The lowest BCUT2D eigenvalue weighted by Crippen LogP contribution is -2.56. The van der Waals surface area contributed by atoms with Gasteiger partial charge >= 0.3 is 0 Å². The van der Waals surface area contributed by atoms with Gasteiger partial charge in [-0.1, -0.05) is 58.0 Å². The Hall–Kier alpha value is -1.96. The van der Waals surface area contributed by atoms with Crippen LogP contribution in [0.2, 0.25) is 0 Å². The lowest BCUT2D eigenvalue weighted by molar-refractivity contribution is -0.126. The summed E-state index contributed by atoms with van der Waals surface area (Å²) in [5, 5.41) is 13.3. The summed E-state index contributed by atoms with van der Waals surface area (Å²) >= 11 is 0. The first-order chi connectivity index (χ1) is 16.2. The molecule has 2 amide bonds. The number of carbonyl (C=O) groups is 2. The molecule has 0 aliphatic carbocycles. The number of likely N-dealkylation sites (N-methyl/N-ethyl adjacent to an activating group) is 1. The topological polar surface area (TPSA) is 85.5 Å². The van der Waals surface area contributed by atoms with Crippen LogP contribution in [0.15, 0.2) is 30.3 Å². The second-order valence-electron chi connectivity index (χ2n) is 12.1. The molecule has 4 N–H and O–H groups in total. The number of benzene rings is 1. The molecule has 1 heterocycles. The van der Waals surface area contributed by atoms with E-state index in [0.29, 0.717) is 6.54 Å². The highest BCUT2D eigenvalue weighted by Gasteiger charge is 2.41. The number of amides is 2. The Morgan fingerprint density at radius 1 is 1.06 bits per heavy atom. The van der Waals surface area contributed by atoms with E-state index in [2.05, 4.69) is 86.8 Å². The summed E-state index contributed by atoms with van der Waals surface area (Å²) in [6.45, 7) is 18.2. The van der Waals surface area contributed by atoms with Gasteiger partial charge in [-0.3, -0.25) is 14.5 Å². The molecule has 0 spiro atoms. The third-order valence-corrected chi connectivity index (χ3v) is 6.88. The van der Waals surface area contributed by atoms with E-state index in [1.807, 2.05) is 25.1 Å². The van der Waals surface area contributed by atoms with Crippen LogP contribution < -0.4 is 21.3 Å². The van der Waals surface area contributed by atoms with E-state index in [1.54, 1.807) is 7.05 Å². The van der Waals surface area contributed by atoms with E-state index in [9.17, 15) is 9.59 Å². The lowest BCUT2D eigenvalue weighted by Gasteiger charge is -2.37. The zero-order chi connectivity index (χ0) is 26.4. The van der Waals surface area contributed by atoms with Gasteiger partial charge < -0.3 is 21.3 Å². The van der Waals surface area contributed by atoms with Crippen LogP contribution in [0, 0.1) is 5.41 Å². The van der Waals surface area contributed by atoms with E-state index in [1.165, 1.54) is 0 Å². The maximum Gasteiger partial charge on any atom is 0.237 e. The van der Waals surface area contributed by atoms with Crippen LogP contribution >= 0.6 is 0 Å². The van der Waals surface area contributed by atoms with Crippen LogP contribution in [0.25, 0.3) is 0 Å². The van der Waals surface area contributed by atoms with Crippen molar-refractivity contribution in [3.8, 4) is 0 Å². The van der Waals surface area contributed by atoms with Gasteiger partial charge in [0, 0.05) is 30.7 Å². The van der Waals surface area contributed by atoms with Crippen molar-refractivity contribution in [3.05, 3.63) is 35.9 Å². The van der Waals surface area contributed by atoms with Crippen LogP contribution in [-0.4, -0.2) is 66.6 Å². The summed E-state index contributed by atoms with van der Waals surface area (Å²) in [7, 11) is 1.79. The minimum atomic E-state index is -0.274. The van der Waals surface area contributed by atoms with Gasteiger partial charge in [0.1, 0.15) is 0 Å². The molecule has 1 aliphatic heterocycles. The Balaban J connectivity index is 2.24. The van der Waals surface area contributed by atoms with Crippen molar-refractivity contribution in [1.29, 1.82) is 0 Å². The van der Waals surface area contributed by atoms with Crippen LogP contribution in [0.4, 0.5) is 0 Å². The second-order valence-corrected chi connectivity index (χ2v) is 12.1. The Morgan fingerprint density at radius 3 is 2.20 bits per heavy atom. The zero-order valence-electron chi connectivity index (χ0n) is 23.4. The predicted molar refractivity (Wildman–Crippen MR) is 144 cm³/mol. The molecule has 1 fully saturated rings. The first kappa shape index (κ1) is 29.3. The van der Waals surface area contributed by atoms with E-state index in [-0.39, 0.29) is 53.0 Å². The van der Waals surface area contributed by atoms with Gasteiger partial charge in [-0.15, -0.1) is 0 Å². The van der Waals surface area contributed by atoms with Crippen LogP contribution in [0.1, 0.15) is 79.8 Å². The summed E-state index contributed by atoms with van der Waals surface area (Å²) in [5.74, 6) is 0.0357. The van der Waals surface area contributed by atoms with Crippen molar-refractivity contribution in [2.75, 3.05) is 20.1 Å². The molecule has 0 aromatic heterocycles. The summed E-state index contributed by atoms with van der Waals surface area (Å²) in [5.41, 5.74) is 0.922. The Bertz CT molecular complexity index is 815. The van der Waals surface area contributed by atoms with Crippen molar-refractivity contribution in [3.63, 3.8) is 0 Å². The molecule has 1 aromatic carbocycles. The Kier molecular flexibility index (Phi) is 10.3. The normalized spacial score (nSPS) is 21.9. The molecular weight excluding hydrogens is 438 g/mol. The second kappa shape index (κ2) is 12.3. The molecule has 198 valence electrons. The zero-order valence-corrected chi connectivity index (χ0v) is 23.4. The fourth-order valence-electron chi connectivity index (χ4n) is 4.67. The number of nitrogens with one attached hydrogen (secondary N) is 4. The number of rotatable bonds is 10. The molecule has 1 saturated heterocycles. The molecule has 7 nitrogen and oxygen atoms in total. The van der Waals surface area contributed by atoms with E-state index in [0.717, 1.165) is 24.9 Å². The quantitative estimate of drug-likeness (QED) is 0.407. The fourth-order valence-corrected chi connectivity index (χ4v) is 4.67. The van der Waals surface area contributed by atoms with Crippen LogP contribution in [0.3, 0.4) is 0 Å². The molecule has 5 atom stereocenters. The third-order valence-electron chi connectivity index (χ3n) is 6.88. The Labute approximate surface area is 213 Å². The molecule has 35 heavy (non-hydrogen) atoms. The van der Waals surface area contributed by atoms with Crippen molar-refractivity contribution in [2.24, 2.45) is 5.41 Å². The van der Waals surface area contributed by atoms with Gasteiger partial charge in [0.05, 0.1) is 18.1 Å². The van der Waals surface area contributed by atoms with Crippen molar-refractivity contribution in [1.82, 2.24) is 26.2 Å². The first-order valence-electron chi connectivity index (χ1n) is 13.1. The van der Waals surface area contributed by atoms with Gasteiger partial charge in [0.2, 0.25) is 11.8 Å². The summed E-state index contributed by atoms with van der Waals surface area (Å²) in [4.78, 5) is 28.6. The van der Waals surface area contributed by atoms with E-state index in [4.69, 9.17) is 0 Å². The molecule has 0 radical (unpaired) electrons. The van der Waals surface area contributed by atoms with Crippen molar-refractivity contribution >= 4 is 11.8 Å². The maximum atomic E-state index is 13.6. The lowest BCUT2D eigenvalue weighted by atomic mass is 9.86. The number of carbonyl (C=O) groups excluding carboxylic acids is 2. The summed E-state index contributed by atoms with van der Waals surface area (Å²) in [6, 6.07) is 9.72. The summed E-state index contributed by atoms with van der Waals surface area (Å²) < 4.78 is 0. The average molecular weight is 488 g/mol. The minimum Gasteiger partial charge on any atom is -0.350 e. The molecule has 1 aliphatic rings. The number of hydrogen-bond acceptors (Lipinski definition) is 5. The molecule has 0 saturated carbocycles. The Morgan fingerprint density at radius 2 is 1.69 bits per heavy atom. The standard InChI is InChI=1S/C28H49N5O2/c1-10-22(20-14-12-11-13-15-20)30-26(35)23-16-21(32-28(6,7)8)17-33(23)18-24(27(3,4)5)31-25(34)19(2)29-9/h11-15,19,21-24,29,32H,10,16-18H2,1-9H3,(H,30,35)(H,31,34)/t19-,21-,22+,23-,24?/m0/s1. The minimum absolute atomic E-state index is 0.0187. The SMILES string of the molecule is CC[C@@H](NC(=O)[C@@H]1C[C@H](NC(C)(C)C)CN1CC(NC(=O)[C@H](C)NC)C(C)(C)C)c1ccccc1. The van der Waals surface area contributed by atoms with Gasteiger partial charge in [-0.05, 0) is 58.6 Å². The molecule has 7 heteroatoms. The third kappa shape index (κ3) is 8.89. The molecule has 2 rings (SSSR count). The molecule has 1 unspecified atom stereocenters. The van der Waals surface area contributed by atoms with Crippen molar-refractivity contribution < 1.29 is 9.59 Å².